The molecule has 0 saturated carbocycles. The number of amides is 1. The van der Waals surface area contributed by atoms with E-state index in [0.717, 1.165) is 54.9 Å². The molecule has 1 aliphatic heterocycles. The molecule has 2 aliphatic rings. The molecular formula is C24H31N3O2. The second kappa shape index (κ2) is 8.46. The predicted octanol–water partition coefficient (Wildman–Crippen LogP) is 4.28. The van der Waals surface area contributed by atoms with Crippen LogP contribution < -0.4 is 10.1 Å². The van der Waals surface area contributed by atoms with Crippen LogP contribution in [0.4, 0.5) is 5.69 Å². The Hall–Kier alpha value is -2.53. The number of benzene rings is 1. The van der Waals surface area contributed by atoms with Crippen molar-refractivity contribution < 1.29 is 9.53 Å². The van der Waals surface area contributed by atoms with Gasteiger partial charge in [0.2, 0.25) is 0 Å². The highest BCUT2D eigenvalue weighted by molar-refractivity contribution is 6.35. The summed E-state index contributed by atoms with van der Waals surface area (Å²) >= 11 is 0. The Morgan fingerprint density at radius 3 is 2.79 bits per heavy atom. The fourth-order valence-electron chi connectivity index (χ4n) is 4.52. The lowest BCUT2D eigenvalue weighted by Gasteiger charge is -2.11. The highest BCUT2D eigenvalue weighted by Crippen LogP contribution is 2.37. The molecule has 0 unspecified atom stereocenters. The first-order chi connectivity index (χ1) is 14.1. The van der Waals surface area contributed by atoms with Gasteiger partial charge in [-0.3, -0.25) is 4.79 Å². The lowest BCUT2D eigenvalue weighted by molar-refractivity contribution is -0.110. The van der Waals surface area contributed by atoms with Gasteiger partial charge in [0.1, 0.15) is 5.75 Å². The van der Waals surface area contributed by atoms with Gasteiger partial charge in [0, 0.05) is 22.6 Å². The molecule has 5 nitrogen and oxygen atoms in total. The Kier molecular flexibility index (Phi) is 5.76. The van der Waals surface area contributed by atoms with Crippen LogP contribution in [0, 0.1) is 0 Å². The number of anilines is 1. The van der Waals surface area contributed by atoms with Crippen molar-refractivity contribution in [1.29, 1.82) is 0 Å². The molecule has 29 heavy (non-hydrogen) atoms. The van der Waals surface area contributed by atoms with Crippen LogP contribution in [0.15, 0.2) is 18.2 Å². The molecule has 1 aliphatic carbocycles. The number of aryl methyl sites for hydroxylation is 1. The van der Waals surface area contributed by atoms with Gasteiger partial charge in [-0.05, 0) is 94.6 Å². The summed E-state index contributed by atoms with van der Waals surface area (Å²) in [6.45, 7) is 1.07. The number of rotatable bonds is 6. The number of nitrogens with zero attached hydrogens (tertiary/aromatic N) is 1. The van der Waals surface area contributed by atoms with E-state index in [4.69, 9.17) is 4.74 Å². The molecule has 0 spiro atoms. The van der Waals surface area contributed by atoms with Gasteiger partial charge in [0.05, 0.1) is 12.7 Å². The predicted molar refractivity (Wildman–Crippen MR) is 118 cm³/mol. The van der Waals surface area contributed by atoms with E-state index in [9.17, 15) is 4.79 Å². The van der Waals surface area contributed by atoms with Crippen molar-refractivity contribution >= 4 is 23.2 Å². The van der Waals surface area contributed by atoms with Crippen molar-refractivity contribution in [3.05, 3.63) is 46.3 Å². The van der Waals surface area contributed by atoms with Crippen LogP contribution in [0.2, 0.25) is 0 Å². The molecule has 0 atom stereocenters. The summed E-state index contributed by atoms with van der Waals surface area (Å²) in [5, 5.41) is 2.98. The molecule has 1 aromatic carbocycles. The van der Waals surface area contributed by atoms with Crippen molar-refractivity contribution in [3.8, 4) is 5.75 Å². The Bertz CT molecular complexity index is 940. The SMILES string of the molecule is COc1ccc2c(c1)C(=Cc1[nH]c3c(c1CCCN(C)C)CCCCC3)C(=O)N2. The molecule has 1 aromatic heterocycles. The van der Waals surface area contributed by atoms with E-state index in [2.05, 4.69) is 35.4 Å². The molecule has 0 fully saturated rings. The summed E-state index contributed by atoms with van der Waals surface area (Å²) in [6, 6.07) is 5.74. The second-order valence-corrected chi connectivity index (χ2v) is 8.37. The average molecular weight is 394 g/mol. The van der Waals surface area contributed by atoms with Crippen LogP contribution in [0.1, 0.15) is 53.8 Å². The number of aromatic amines is 1. The monoisotopic (exact) mass is 393 g/mol. The van der Waals surface area contributed by atoms with E-state index in [1.165, 1.54) is 36.1 Å². The number of carbonyl (C=O) groups excluding carboxylic acids is 1. The lowest BCUT2D eigenvalue weighted by Crippen LogP contribution is -2.13. The highest BCUT2D eigenvalue weighted by atomic mass is 16.5. The average Bonchev–Trinajstić information content (AvgIpc) is 3.07. The van der Waals surface area contributed by atoms with E-state index in [1.54, 1.807) is 7.11 Å². The maximum atomic E-state index is 12.7. The van der Waals surface area contributed by atoms with Crippen LogP contribution in [0.5, 0.6) is 5.75 Å². The first-order valence-electron chi connectivity index (χ1n) is 10.7. The quantitative estimate of drug-likeness (QED) is 0.569. The summed E-state index contributed by atoms with van der Waals surface area (Å²) in [5.41, 5.74) is 7.86. The van der Waals surface area contributed by atoms with Gasteiger partial charge in [-0.15, -0.1) is 0 Å². The molecule has 2 heterocycles. The lowest BCUT2D eigenvalue weighted by atomic mass is 9.98. The number of ether oxygens (including phenoxy) is 1. The van der Waals surface area contributed by atoms with Crippen LogP contribution in [-0.2, 0) is 24.1 Å². The van der Waals surface area contributed by atoms with Crippen LogP contribution in [0.25, 0.3) is 11.6 Å². The Morgan fingerprint density at radius 2 is 2.00 bits per heavy atom. The fourth-order valence-corrected chi connectivity index (χ4v) is 4.52. The summed E-state index contributed by atoms with van der Waals surface area (Å²) in [4.78, 5) is 18.6. The summed E-state index contributed by atoms with van der Waals surface area (Å²) in [6.07, 6.45) is 10.2. The van der Waals surface area contributed by atoms with E-state index in [-0.39, 0.29) is 5.91 Å². The third-order valence-corrected chi connectivity index (χ3v) is 6.02. The van der Waals surface area contributed by atoms with E-state index < -0.39 is 0 Å². The van der Waals surface area contributed by atoms with Crippen molar-refractivity contribution in [2.75, 3.05) is 33.1 Å². The third kappa shape index (κ3) is 4.10. The number of aromatic nitrogens is 1. The number of fused-ring (bicyclic) bond motifs is 2. The van der Waals surface area contributed by atoms with Crippen molar-refractivity contribution in [3.63, 3.8) is 0 Å². The highest BCUT2D eigenvalue weighted by Gasteiger charge is 2.26. The largest absolute Gasteiger partial charge is 0.497 e. The number of H-pyrrole nitrogens is 1. The molecule has 5 heteroatoms. The number of carbonyl (C=O) groups is 1. The summed E-state index contributed by atoms with van der Waals surface area (Å²) in [7, 11) is 5.89. The minimum Gasteiger partial charge on any atom is -0.497 e. The number of hydrogen-bond donors (Lipinski definition) is 2. The van der Waals surface area contributed by atoms with Crippen LogP contribution in [-0.4, -0.2) is 43.5 Å². The number of hydrogen-bond acceptors (Lipinski definition) is 3. The normalized spacial score (nSPS) is 17.2. The number of methoxy groups -OCH3 is 1. The Balaban J connectivity index is 1.74. The second-order valence-electron chi connectivity index (χ2n) is 8.37. The zero-order chi connectivity index (χ0) is 20.4. The number of nitrogens with one attached hydrogen (secondary N) is 2. The molecule has 4 rings (SSSR count). The zero-order valence-electron chi connectivity index (χ0n) is 17.7. The van der Waals surface area contributed by atoms with E-state index in [0.29, 0.717) is 5.57 Å². The van der Waals surface area contributed by atoms with Crippen molar-refractivity contribution in [2.45, 2.75) is 44.9 Å². The third-order valence-electron chi connectivity index (χ3n) is 6.02. The topological polar surface area (TPSA) is 57.4 Å². The van der Waals surface area contributed by atoms with Gasteiger partial charge in [0.15, 0.2) is 0 Å². The molecule has 1 amide bonds. The standard InChI is InChI=1S/C24H31N3O2/c1-27(2)13-7-9-18-17-8-5-4-6-10-21(17)25-23(18)15-20-19-14-16(29-3)11-12-22(19)26-24(20)28/h11-12,14-15,25H,4-10,13H2,1-3H3,(H,26,28). The van der Waals surface area contributed by atoms with Crippen molar-refractivity contribution in [2.24, 2.45) is 0 Å². The Morgan fingerprint density at radius 1 is 1.17 bits per heavy atom. The molecule has 2 aromatic rings. The van der Waals surface area contributed by atoms with E-state index in [1.807, 2.05) is 18.2 Å². The van der Waals surface area contributed by atoms with Crippen LogP contribution in [0.3, 0.4) is 0 Å². The van der Waals surface area contributed by atoms with Gasteiger partial charge in [-0.1, -0.05) is 6.42 Å². The first-order valence-corrected chi connectivity index (χ1v) is 10.7. The maximum absolute atomic E-state index is 12.7. The molecule has 2 N–H and O–H groups in total. The minimum atomic E-state index is -0.0442. The van der Waals surface area contributed by atoms with Gasteiger partial charge in [-0.2, -0.15) is 0 Å². The van der Waals surface area contributed by atoms with Gasteiger partial charge in [0.25, 0.3) is 5.91 Å². The molecule has 154 valence electrons. The summed E-state index contributed by atoms with van der Waals surface area (Å²) in [5.74, 6) is 0.719. The van der Waals surface area contributed by atoms with Gasteiger partial charge in [-0.25, -0.2) is 0 Å². The fraction of sp³-hybridized carbons (Fsp3) is 0.458. The van der Waals surface area contributed by atoms with E-state index >= 15 is 0 Å². The first kappa shape index (κ1) is 19.8. The maximum Gasteiger partial charge on any atom is 0.256 e. The van der Waals surface area contributed by atoms with Crippen LogP contribution >= 0.6 is 0 Å². The molecule has 0 radical (unpaired) electrons. The minimum absolute atomic E-state index is 0.0442. The van der Waals surface area contributed by atoms with Gasteiger partial charge >= 0.3 is 0 Å². The Labute approximate surface area is 173 Å². The smallest absolute Gasteiger partial charge is 0.256 e. The summed E-state index contributed by atoms with van der Waals surface area (Å²) < 4.78 is 5.37. The molecular weight excluding hydrogens is 362 g/mol. The van der Waals surface area contributed by atoms with Gasteiger partial charge < -0.3 is 19.9 Å². The molecule has 0 bridgehead atoms. The molecule has 0 saturated heterocycles. The van der Waals surface area contributed by atoms with Crippen molar-refractivity contribution in [1.82, 2.24) is 9.88 Å². The zero-order valence-corrected chi connectivity index (χ0v) is 17.7.